The number of halogens is 1. The van der Waals surface area contributed by atoms with Crippen molar-refractivity contribution < 1.29 is 14.3 Å². The molecule has 0 heterocycles. The molecular formula is C14H20FNO2. The van der Waals surface area contributed by atoms with Gasteiger partial charge in [0.05, 0.1) is 6.61 Å². The SMILES string of the molecule is Cc1ccc(C(=O)CCN(C)C(C)CO)cc1F. The molecule has 0 bridgehead atoms. The summed E-state index contributed by atoms with van der Waals surface area (Å²) in [5.41, 5.74) is 0.945. The van der Waals surface area contributed by atoms with Crippen molar-refractivity contribution in [2.24, 2.45) is 0 Å². The van der Waals surface area contributed by atoms with Crippen molar-refractivity contribution >= 4 is 5.78 Å². The maximum atomic E-state index is 13.3. The highest BCUT2D eigenvalue weighted by Gasteiger charge is 2.12. The van der Waals surface area contributed by atoms with Crippen LogP contribution in [0.1, 0.15) is 29.3 Å². The molecule has 0 saturated heterocycles. The maximum Gasteiger partial charge on any atom is 0.164 e. The summed E-state index contributed by atoms with van der Waals surface area (Å²) < 4.78 is 13.3. The van der Waals surface area contributed by atoms with Crippen molar-refractivity contribution in [1.82, 2.24) is 4.90 Å². The molecule has 100 valence electrons. The Labute approximate surface area is 107 Å². The Bertz CT molecular complexity index is 420. The molecule has 1 unspecified atom stereocenters. The third-order valence-corrected chi connectivity index (χ3v) is 3.20. The highest BCUT2D eigenvalue weighted by Crippen LogP contribution is 2.11. The molecule has 0 amide bonds. The van der Waals surface area contributed by atoms with E-state index in [9.17, 15) is 9.18 Å². The van der Waals surface area contributed by atoms with Crippen LogP contribution in [0, 0.1) is 12.7 Å². The minimum Gasteiger partial charge on any atom is -0.395 e. The standard InChI is InChI=1S/C14H20FNO2/c1-10-4-5-12(8-13(10)15)14(18)6-7-16(3)11(2)9-17/h4-5,8,11,17H,6-7,9H2,1-3H3. The second-order valence-electron chi connectivity index (χ2n) is 4.65. The van der Waals surface area contributed by atoms with Crippen molar-refractivity contribution in [3.63, 3.8) is 0 Å². The molecular weight excluding hydrogens is 233 g/mol. The second kappa shape index (κ2) is 6.61. The zero-order valence-electron chi connectivity index (χ0n) is 11.1. The van der Waals surface area contributed by atoms with Gasteiger partial charge in [0, 0.05) is 24.6 Å². The smallest absolute Gasteiger partial charge is 0.164 e. The molecule has 0 spiro atoms. The number of hydrogen-bond donors (Lipinski definition) is 1. The third-order valence-electron chi connectivity index (χ3n) is 3.20. The molecule has 18 heavy (non-hydrogen) atoms. The van der Waals surface area contributed by atoms with Crippen molar-refractivity contribution in [3.8, 4) is 0 Å². The molecule has 1 N–H and O–H groups in total. The van der Waals surface area contributed by atoms with Gasteiger partial charge in [-0.1, -0.05) is 12.1 Å². The van der Waals surface area contributed by atoms with Gasteiger partial charge in [0.15, 0.2) is 5.78 Å². The van der Waals surface area contributed by atoms with Crippen LogP contribution in [0.4, 0.5) is 4.39 Å². The van der Waals surface area contributed by atoms with E-state index in [0.717, 1.165) is 0 Å². The molecule has 3 nitrogen and oxygen atoms in total. The summed E-state index contributed by atoms with van der Waals surface area (Å²) >= 11 is 0. The average Bonchev–Trinajstić information content (AvgIpc) is 2.37. The predicted molar refractivity (Wildman–Crippen MR) is 69.3 cm³/mol. The van der Waals surface area contributed by atoms with E-state index in [1.54, 1.807) is 19.1 Å². The number of carbonyl (C=O) groups excluding carboxylic acids is 1. The summed E-state index contributed by atoms with van der Waals surface area (Å²) in [5, 5.41) is 8.98. The Balaban J connectivity index is 2.58. The first kappa shape index (κ1) is 14.8. The Hall–Kier alpha value is -1.26. The first-order valence-corrected chi connectivity index (χ1v) is 6.06. The average molecular weight is 253 g/mol. The lowest BCUT2D eigenvalue weighted by Gasteiger charge is -2.22. The minimum absolute atomic E-state index is 0.0209. The molecule has 4 heteroatoms. The first-order valence-electron chi connectivity index (χ1n) is 6.06. The number of aryl methyl sites for hydroxylation is 1. The number of ketones is 1. The molecule has 1 aromatic rings. The molecule has 0 aliphatic rings. The lowest BCUT2D eigenvalue weighted by molar-refractivity contribution is 0.0946. The van der Waals surface area contributed by atoms with Crippen LogP contribution in [0.25, 0.3) is 0 Å². The van der Waals surface area contributed by atoms with Crippen LogP contribution >= 0.6 is 0 Å². The lowest BCUT2D eigenvalue weighted by atomic mass is 10.1. The summed E-state index contributed by atoms with van der Waals surface area (Å²) in [4.78, 5) is 13.8. The largest absolute Gasteiger partial charge is 0.395 e. The van der Waals surface area contributed by atoms with Crippen molar-refractivity contribution in [1.29, 1.82) is 0 Å². The van der Waals surface area contributed by atoms with Crippen LogP contribution < -0.4 is 0 Å². The van der Waals surface area contributed by atoms with Gasteiger partial charge in [0.2, 0.25) is 0 Å². The Morgan fingerprint density at radius 1 is 1.50 bits per heavy atom. The molecule has 0 aromatic heterocycles. The fourth-order valence-electron chi connectivity index (χ4n) is 1.55. The van der Waals surface area contributed by atoms with Crippen LogP contribution in [-0.2, 0) is 0 Å². The zero-order chi connectivity index (χ0) is 13.7. The number of aliphatic hydroxyl groups is 1. The quantitative estimate of drug-likeness (QED) is 0.788. The number of carbonyl (C=O) groups is 1. The molecule has 0 saturated carbocycles. The first-order chi connectivity index (χ1) is 8.45. The van der Waals surface area contributed by atoms with E-state index in [1.807, 2.05) is 18.9 Å². The van der Waals surface area contributed by atoms with Crippen molar-refractivity contribution in [2.75, 3.05) is 20.2 Å². The number of Topliss-reactive ketones (excluding diaryl/α,β-unsaturated/α-hetero) is 1. The van der Waals surface area contributed by atoms with E-state index in [2.05, 4.69) is 0 Å². The van der Waals surface area contributed by atoms with Gasteiger partial charge in [-0.2, -0.15) is 0 Å². The molecule has 1 rings (SSSR count). The number of likely N-dealkylation sites (N-methyl/N-ethyl adjacent to an activating group) is 1. The zero-order valence-corrected chi connectivity index (χ0v) is 11.1. The number of hydrogen-bond acceptors (Lipinski definition) is 3. The van der Waals surface area contributed by atoms with Gasteiger partial charge >= 0.3 is 0 Å². The van der Waals surface area contributed by atoms with Gasteiger partial charge in [-0.25, -0.2) is 4.39 Å². The molecule has 0 aliphatic carbocycles. The van der Waals surface area contributed by atoms with Crippen LogP contribution in [0.2, 0.25) is 0 Å². The molecule has 1 aromatic carbocycles. The summed E-state index contributed by atoms with van der Waals surface area (Å²) in [6.45, 7) is 4.16. The number of rotatable bonds is 6. The van der Waals surface area contributed by atoms with Gasteiger partial charge in [-0.05, 0) is 32.5 Å². The van der Waals surface area contributed by atoms with Crippen LogP contribution in [-0.4, -0.2) is 42.0 Å². The van der Waals surface area contributed by atoms with E-state index in [4.69, 9.17) is 5.11 Å². The van der Waals surface area contributed by atoms with E-state index < -0.39 is 0 Å². The topological polar surface area (TPSA) is 40.5 Å². The third kappa shape index (κ3) is 3.89. The van der Waals surface area contributed by atoms with Crippen LogP contribution in [0.3, 0.4) is 0 Å². The van der Waals surface area contributed by atoms with E-state index in [0.29, 0.717) is 24.1 Å². The van der Waals surface area contributed by atoms with Crippen LogP contribution in [0.5, 0.6) is 0 Å². The molecule has 0 fully saturated rings. The number of nitrogens with zero attached hydrogens (tertiary/aromatic N) is 1. The van der Waals surface area contributed by atoms with Gasteiger partial charge in [0.25, 0.3) is 0 Å². The maximum absolute atomic E-state index is 13.3. The summed E-state index contributed by atoms with van der Waals surface area (Å²) in [6.07, 6.45) is 0.323. The minimum atomic E-state index is -0.349. The predicted octanol–water partition coefficient (Wildman–Crippen LogP) is 2.02. The van der Waals surface area contributed by atoms with E-state index >= 15 is 0 Å². The number of benzene rings is 1. The van der Waals surface area contributed by atoms with Crippen molar-refractivity contribution in [3.05, 3.63) is 35.1 Å². The highest BCUT2D eigenvalue weighted by molar-refractivity contribution is 5.96. The second-order valence-corrected chi connectivity index (χ2v) is 4.65. The van der Waals surface area contributed by atoms with Gasteiger partial charge < -0.3 is 10.0 Å². The fourth-order valence-corrected chi connectivity index (χ4v) is 1.55. The molecule has 1 atom stereocenters. The Morgan fingerprint density at radius 3 is 2.72 bits per heavy atom. The monoisotopic (exact) mass is 253 g/mol. The number of aliphatic hydroxyl groups excluding tert-OH is 1. The fraction of sp³-hybridized carbons (Fsp3) is 0.500. The summed E-state index contributed by atoms with van der Waals surface area (Å²) in [7, 11) is 1.85. The van der Waals surface area contributed by atoms with Gasteiger partial charge in [-0.15, -0.1) is 0 Å². The summed E-state index contributed by atoms with van der Waals surface area (Å²) in [5.74, 6) is -0.427. The summed E-state index contributed by atoms with van der Waals surface area (Å²) in [6, 6.07) is 4.57. The van der Waals surface area contributed by atoms with Crippen molar-refractivity contribution in [2.45, 2.75) is 26.3 Å². The Kier molecular flexibility index (Phi) is 5.44. The highest BCUT2D eigenvalue weighted by atomic mass is 19.1. The van der Waals surface area contributed by atoms with Gasteiger partial charge in [0.1, 0.15) is 5.82 Å². The lowest BCUT2D eigenvalue weighted by Crippen LogP contribution is -2.33. The van der Waals surface area contributed by atoms with E-state index in [-0.39, 0.29) is 24.2 Å². The Morgan fingerprint density at radius 2 is 2.17 bits per heavy atom. The van der Waals surface area contributed by atoms with E-state index in [1.165, 1.54) is 6.07 Å². The normalized spacial score (nSPS) is 12.8. The van der Waals surface area contributed by atoms with Crippen LogP contribution in [0.15, 0.2) is 18.2 Å². The molecule has 0 radical (unpaired) electrons. The molecule has 0 aliphatic heterocycles. The van der Waals surface area contributed by atoms with Gasteiger partial charge in [-0.3, -0.25) is 4.79 Å².